The van der Waals surface area contributed by atoms with E-state index in [0.717, 1.165) is 49.5 Å². The summed E-state index contributed by atoms with van der Waals surface area (Å²) in [4.78, 5) is 18.7. The number of pyridine rings is 1. The van der Waals surface area contributed by atoms with Crippen LogP contribution in [0.3, 0.4) is 0 Å². The number of piperidine rings is 1. The summed E-state index contributed by atoms with van der Waals surface area (Å²) >= 11 is 0. The lowest BCUT2D eigenvalue weighted by atomic mass is 10.0. The lowest BCUT2D eigenvalue weighted by Gasteiger charge is -2.33. The highest BCUT2D eigenvalue weighted by Gasteiger charge is 2.22. The number of methoxy groups -OCH3 is 2. The number of likely N-dealkylation sites (tertiary alicyclic amines) is 1. The van der Waals surface area contributed by atoms with E-state index < -0.39 is 0 Å². The monoisotopic (exact) mass is 355 g/mol. The van der Waals surface area contributed by atoms with Gasteiger partial charge in [0, 0.05) is 43.2 Å². The van der Waals surface area contributed by atoms with Crippen molar-refractivity contribution in [1.82, 2.24) is 15.2 Å². The van der Waals surface area contributed by atoms with Crippen molar-refractivity contribution in [3.8, 4) is 11.5 Å². The van der Waals surface area contributed by atoms with E-state index in [1.807, 2.05) is 18.2 Å². The first-order valence-electron chi connectivity index (χ1n) is 8.83. The first-order chi connectivity index (χ1) is 12.7. The Morgan fingerprint density at radius 3 is 2.54 bits per heavy atom. The van der Waals surface area contributed by atoms with Gasteiger partial charge in [-0.2, -0.15) is 0 Å². The van der Waals surface area contributed by atoms with Gasteiger partial charge >= 0.3 is 0 Å². The fraction of sp³-hybridized carbons (Fsp3) is 0.400. The molecule has 0 saturated carbocycles. The fourth-order valence-corrected chi connectivity index (χ4v) is 3.30. The topological polar surface area (TPSA) is 63.7 Å². The second-order valence-corrected chi connectivity index (χ2v) is 6.50. The maximum absolute atomic E-state index is 12.4. The van der Waals surface area contributed by atoms with Gasteiger partial charge in [0.15, 0.2) is 0 Å². The molecule has 6 nitrogen and oxygen atoms in total. The molecule has 6 heteroatoms. The van der Waals surface area contributed by atoms with Gasteiger partial charge < -0.3 is 14.8 Å². The van der Waals surface area contributed by atoms with Gasteiger partial charge in [0.25, 0.3) is 5.91 Å². The van der Waals surface area contributed by atoms with E-state index in [2.05, 4.69) is 15.2 Å². The van der Waals surface area contributed by atoms with Crippen LogP contribution in [0.2, 0.25) is 0 Å². The van der Waals surface area contributed by atoms with Crippen molar-refractivity contribution in [3.05, 3.63) is 53.9 Å². The normalized spacial score (nSPS) is 17.5. The molecule has 1 aliphatic rings. The highest BCUT2D eigenvalue weighted by Crippen LogP contribution is 2.24. The smallest absolute Gasteiger partial charge is 0.251 e. The van der Waals surface area contributed by atoms with Crippen molar-refractivity contribution in [2.75, 3.05) is 27.3 Å². The number of ether oxygens (including phenoxy) is 2. The third-order valence-corrected chi connectivity index (χ3v) is 4.60. The van der Waals surface area contributed by atoms with Crippen molar-refractivity contribution in [3.63, 3.8) is 0 Å². The second-order valence-electron chi connectivity index (χ2n) is 6.50. The van der Waals surface area contributed by atoms with Crippen LogP contribution in [-0.4, -0.2) is 49.1 Å². The van der Waals surface area contributed by atoms with Crippen molar-refractivity contribution in [1.29, 1.82) is 0 Å². The first-order valence-corrected chi connectivity index (χ1v) is 8.83. The maximum atomic E-state index is 12.4. The number of nitrogens with zero attached hydrogens (tertiary/aromatic N) is 2. The number of hydrogen-bond donors (Lipinski definition) is 1. The maximum Gasteiger partial charge on any atom is 0.251 e. The molecule has 3 rings (SSSR count). The van der Waals surface area contributed by atoms with Crippen LogP contribution >= 0.6 is 0 Å². The van der Waals surface area contributed by atoms with Crippen molar-refractivity contribution >= 4 is 5.91 Å². The summed E-state index contributed by atoms with van der Waals surface area (Å²) in [6, 6.07) is 9.55. The Morgan fingerprint density at radius 2 is 1.88 bits per heavy atom. The van der Waals surface area contributed by atoms with Crippen LogP contribution in [0.1, 0.15) is 28.8 Å². The van der Waals surface area contributed by atoms with Gasteiger partial charge in [-0.3, -0.25) is 14.7 Å². The zero-order valence-electron chi connectivity index (χ0n) is 15.3. The van der Waals surface area contributed by atoms with Gasteiger partial charge in [-0.1, -0.05) is 0 Å². The summed E-state index contributed by atoms with van der Waals surface area (Å²) in [6.45, 7) is 2.65. The third kappa shape index (κ3) is 4.73. The van der Waals surface area contributed by atoms with Gasteiger partial charge in [-0.15, -0.1) is 0 Å². The minimum atomic E-state index is -0.0395. The number of aromatic nitrogens is 1. The molecule has 2 aromatic rings. The van der Waals surface area contributed by atoms with Crippen LogP contribution < -0.4 is 14.8 Å². The predicted octanol–water partition coefficient (Wildman–Crippen LogP) is 2.49. The number of benzene rings is 1. The highest BCUT2D eigenvalue weighted by molar-refractivity contribution is 5.94. The standard InChI is InChI=1S/C20H25N3O3/c1-25-18-10-15(11-19(12-18)26-2)13-23-9-3-4-17(14-23)22-20(24)16-5-7-21-8-6-16/h5-8,10-12,17H,3-4,9,13-14H2,1-2H3,(H,22,24). The number of hydrogen-bond acceptors (Lipinski definition) is 5. The molecular formula is C20H25N3O3. The molecule has 0 bridgehead atoms. The number of nitrogens with one attached hydrogen (secondary N) is 1. The SMILES string of the molecule is COc1cc(CN2CCCC(NC(=O)c3ccncc3)C2)cc(OC)c1. The Bertz CT molecular complexity index is 714. The van der Waals surface area contributed by atoms with Gasteiger partial charge in [-0.25, -0.2) is 0 Å². The highest BCUT2D eigenvalue weighted by atomic mass is 16.5. The van der Waals surface area contributed by atoms with E-state index in [0.29, 0.717) is 5.56 Å². The lowest BCUT2D eigenvalue weighted by molar-refractivity contribution is 0.0900. The Labute approximate surface area is 154 Å². The van der Waals surface area contributed by atoms with Crippen LogP contribution in [0.4, 0.5) is 0 Å². The molecule has 0 spiro atoms. The average Bonchev–Trinajstić information content (AvgIpc) is 2.68. The molecule has 1 N–H and O–H groups in total. The van der Waals surface area contributed by atoms with Gasteiger partial charge in [-0.05, 0) is 49.2 Å². The summed E-state index contributed by atoms with van der Waals surface area (Å²) in [7, 11) is 3.31. The molecule has 1 aromatic carbocycles. The van der Waals surface area contributed by atoms with Crippen LogP contribution in [0, 0.1) is 0 Å². The molecule has 1 aliphatic heterocycles. The van der Waals surface area contributed by atoms with Gasteiger partial charge in [0.1, 0.15) is 11.5 Å². The Hall–Kier alpha value is -2.60. The largest absolute Gasteiger partial charge is 0.497 e. The van der Waals surface area contributed by atoms with E-state index in [1.165, 1.54) is 0 Å². The van der Waals surface area contributed by atoms with Crippen LogP contribution in [0.15, 0.2) is 42.7 Å². The number of carbonyl (C=O) groups is 1. The number of carbonyl (C=O) groups excluding carboxylic acids is 1. The van der Waals surface area contributed by atoms with E-state index in [9.17, 15) is 4.79 Å². The summed E-state index contributed by atoms with van der Waals surface area (Å²) in [5, 5.41) is 3.14. The zero-order valence-corrected chi connectivity index (χ0v) is 15.3. The molecular weight excluding hydrogens is 330 g/mol. The average molecular weight is 355 g/mol. The van der Waals surface area contributed by atoms with E-state index in [1.54, 1.807) is 38.7 Å². The summed E-state index contributed by atoms with van der Waals surface area (Å²) in [5.41, 5.74) is 1.79. The van der Waals surface area contributed by atoms with E-state index in [4.69, 9.17) is 9.47 Å². The summed E-state index contributed by atoms with van der Waals surface area (Å²) < 4.78 is 10.7. The molecule has 1 amide bonds. The Morgan fingerprint density at radius 1 is 1.19 bits per heavy atom. The number of amides is 1. The summed E-state index contributed by atoms with van der Waals surface area (Å²) in [5.74, 6) is 1.54. The minimum Gasteiger partial charge on any atom is -0.497 e. The van der Waals surface area contributed by atoms with Gasteiger partial charge in [0.2, 0.25) is 0 Å². The third-order valence-electron chi connectivity index (χ3n) is 4.60. The molecule has 138 valence electrons. The Balaban J connectivity index is 1.61. The van der Waals surface area contributed by atoms with Crippen molar-refractivity contribution < 1.29 is 14.3 Å². The molecule has 1 fully saturated rings. The first kappa shape index (κ1) is 18.2. The molecule has 0 radical (unpaired) electrons. The second kappa shape index (κ2) is 8.67. The molecule has 1 unspecified atom stereocenters. The Kier molecular flexibility index (Phi) is 6.07. The van der Waals surface area contributed by atoms with Crippen LogP contribution in [0.5, 0.6) is 11.5 Å². The lowest BCUT2D eigenvalue weighted by Crippen LogP contribution is -2.47. The van der Waals surface area contributed by atoms with Crippen molar-refractivity contribution in [2.24, 2.45) is 0 Å². The van der Waals surface area contributed by atoms with E-state index >= 15 is 0 Å². The molecule has 0 aliphatic carbocycles. The molecule has 1 atom stereocenters. The van der Waals surface area contributed by atoms with E-state index in [-0.39, 0.29) is 11.9 Å². The molecule has 2 heterocycles. The van der Waals surface area contributed by atoms with Crippen molar-refractivity contribution in [2.45, 2.75) is 25.4 Å². The fourth-order valence-electron chi connectivity index (χ4n) is 3.30. The molecule has 1 aromatic heterocycles. The number of rotatable bonds is 6. The zero-order chi connectivity index (χ0) is 18.4. The predicted molar refractivity (Wildman–Crippen MR) is 99.5 cm³/mol. The van der Waals surface area contributed by atoms with Crippen LogP contribution in [-0.2, 0) is 6.54 Å². The van der Waals surface area contributed by atoms with Crippen LogP contribution in [0.25, 0.3) is 0 Å². The minimum absolute atomic E-state index is 0.0395. The molecule has 26 heavy (non-hydrogen) atoms. The van der Waals surface area contributed by atoms with Gasteiger partial charge in [0.05, 0.1) is 14.2 Å². The summed E-state index contributed by atoms with van der Waals surface area (Å²) in [6.07, 6.45) is 5.33. The quantitative estimate of drug-likeness (QED) is 0.863. The molecule has 1 saturated heterocycles.